The third-order valence-corrected chi connectivity index (χ3v) is 14.3. The van der Waals surface area contributed by atoms with Gasteiger partial charge in [0.25, 0.3) is 0 Å². The second-order valence-corrected chi connectivity index (χ2v) is 18.6. The molecule has 0 spiro atoms. The van der Waals surface area contributed by atoms with E-state index in [1.807, 2.05) is 24.3 Å². The Morgan fingerprint density at radius 2 is 0.573 bits per heavy atom. The quantitative estimate of drug-likeness (QED) is 0.133. The fourth-order valence-corrected chi connectivity index (χ4v) is 10.7. The van der Waals surface area contributed by atoms with E-state index in [2.05, 4.69) is 209 Å². The summed E-state index contributed by atoms with van der Waals surface area (Å²) in [6.07, 6.45) is 0. The lowest BCUT2D eigenvalue weighted by molar-refractivity contribution is 1.18. The molecule has 2 aromatic heterocycles. The lowest BCUT2D eigenvalue weighted by Gasteiger charge is -2.25. The summed E-state index contributed by atoms with van der Waals surface area (Å²) < 4.78 is 91.8. The average Bonchev–Trinajstić information content (AvgIpc) is 3.44. The first-order valence-corrected chi connectivity index (χ1v) is 24.9. The molecule has 14 rings (SSSR count). The van der Waals surface area contributed by atoms with Crippen molar-refractivity contribution < 1.29 is 13.7 Å². The van der Waals surface area contributed by atoms with Gasteiger partial charge in [0.05, 0.1) is 35.8 Å². The van der Waals surface area contributed by atoms with Crippen LogP contribution in [0.2, 0.25) is 0 Å². The van der Waals surface area contributed by atoms with Crippen molar-refractivity contribution in [3.05, 3.63) is 297 Å². The summed E-state index contributed by atoms with van der Waals surface area (Å²) in [6.45, 7) is 0. The minimum atomic E-state index is -0.630. The van der Waals surface area contributed by atoms with Gasteiger partial charge in [-0.1, -0.05) is 182 Å². The van der Waals surface area contributed by atoms with Crippen LogP contribution in [0.3, 0.4) is 0 Å². The number of nitrogens with zero attached hydrogens (tertiary/aromatic N) is 3. The molecule has 0 saturated carbocycles. The minimum absolute atomic E-state index is 0.213. The molecular weight excluding hydrogens is 907 g/mol. The van der Waals surface area contributed by atoms with Crippen LogP contribution < -0.4 is 4.90 Å². The zero-order valence-corrected chi connectivity index (χ0v) is 40.4. The Balaban J connectivity index is 0.937. The molecule has 0 aliphatic carbocycles. The van der Waals surface area contributed by atoms with E-state index in [0.29, 0.717) is 0 Å². The van der Waals surface area contributed by atoms with Crippen molar-refractivity contribution in [2.45, 2.75) is 0 Å². The van der Waals surface area contributed by atoms with Crippen LogP contribution >= 0.6 is 0 Å². The zero-order valence-electron chi connectivity index (χ0n) is 50.4. The fourth-order valence-electron chi connectivity index (χ4n) is 10.7. The third kappa shape index (κ3) is 7.95. The van der Waals surface area contributed by atoms with Crippen molar-refractivity contribution in [2.24, 2.45) is 0 Å². The van der Waals surface area contributed by atoms with Gasteiger partial charge in [-0.3, -0.25) is 0 Å². The van der Waals surface area contributed by atoms with E-state index < -0.39 is 60.4 Å². The van der Waals surface area contributed by atoms with Crippen molar-refractivity contribution in [1.29, 1.82) is 0 Å². The zero-order chi connectivity index (χ0) is 58.4. The Bertz CT molecular complexity index is 4640. The summed E-state index contributed by atoms with van der Waals surface area (Å²) in [7, 11) is 0. The summed E-state index contributed by atoms with van der Waals surface area (Å²) in [6, 6.07) is 75.7. The number of hydrogen-bond acceptors (Lipinski definition) is 1. The first-order chi connectivity index (χ1) is 41.3. The smallest absolute Gasteiger partial charge is 0.0645 e. The van der Waals surface area contributed by atoms with Crippen LogP contribution in [0, 0.1) is 0 Å². The molecule has 3 nitrogen and oxygen atoms in total. The number of fused-ring (bicyclic) bond motifs is 6. The summed E-state index contributed by atoms with van der Waals surface area (Å²) in [5.41, 5.74) is 15.9. The number of rotatable bonds is 10. The van der Waals surface area contributed by atoms with Crippen LogP contribution in [-0.2, 0) is 0 Å². The Kier molecular flexibility index (Phi) is 8.52. The maximum atomic E-state index is 9.03. The first kappa shape index (κ1) is 34.4. The number of benzene rings is 12. The van der Waals surface area contributed by atoms with E-state index in [-0.39, 0.29) is 17.1 Å². The molecule has 0 amide bonds. The molecule has 0 radical (unpaired) electrons. The van der Waals surface area contributed by atoms with Gasteiger partial charge in [0, 0.05) is 50.0 Å². The summed E-state index contributed by atoms with van der Waals surface area (Å²) in [5, 5.41) is 4.39. The molecule has 14 aromatic rings. The van der Waals surface area contributed by atoms with Crippen molar-refractivity contribution in [1.82, 2.24) is 9.13 Å². The summed E-state index contributed by atoms with van der Waals surface area (Å²) in [4.78, 5) is 1.18. The molecule has 0 aliphatic heterocycles. The minimum Gasteiger partial charge on any atom is -0.311 e. The van der Waals surface area contributed by atoms with Crippen molar-refractivity contribution in [3.8, 4) is 67.0 Å². The molecule has 0 saturated heterocycles. The fraction of sp³-hybridized carbons (Fsp3) is 0. The lowest BCUT2D eigenvalue weighted by Crippen LogP contribution is -2.09. The molecular formula is C72H49N3. The Morgan fingerprint density at radius 3 is 1.01 bits per heavy atom. The maximum Gasteiger partial charge on any atom is 0.0645 e. The van der Waals surface area contributed by atoms with Crippen molar-refractivity contribution in [2.75, 3.05) is 4.90 Å². The first-order valence-electron chi connectivity index (χ1n) is 29.9. The van der Waals surface area contributed by atoms with Gasteiger partial charge in [-0.15, -0.1) is 0 Å². The second kappa shape index (κ2) is 18.6. The molecule has 2 heterocycles. The largest absolute Gasteiger partial charge is 0.311 e. The van der Waals surface area contributed by atoms with E-state index in [9.17, 15) is 0 Å². The van der Waals surface area contributed by atoms with Crippen LogP contribution in [0.1, 0.15) is 13.7 Å². The molecule has 0 fully saturated rings. The van der Waals surface area contributed by atoms with Gasteiger partial charge in [-0.2, -0.15) is 0 Å². The molecule has 352 valence electrons. The molecule has 0 aliphatic rings. The Morgan fingerprint density at radius 1 is 0.240 bits per heavy atom. The highest BCUT2D eigenvalue weighted by atomic mass is 15.1. The highest BCUT2D eigenvalue weighted by molar-refractivity contribution is 6.12. The van der Waals surface area contributed by atoms with Gasteiger partial charge in [-0.25, -0.2) is 0 Å². The SMILES string of the molecule is [2H]c1c([2H])c([2H])c(N(c2ccc(-c3cc(-c4ccc5c(c4)c4ccccc4n5-c4ccc(-c5ccccc5)cc4)cc(-c4ccc5c(c4)c4ccccc4n5-c4ccc(-c5ccccc5)cc4)c3)cc2)c2c([2H])c([2H])c([2H])c([2H])c2[2H])c([2H])c1[2H]. The van der Waals surface area contributed by atoms with Gasteiger partial charge in [0.2, 0.25) is 0 Å². The van der Waals surface area contributed by atoms with Crippen molar-refractivity contribution >= 4 is 60.7 Å². The second-order valence-electron chi connectivity index (χ2n) is 18.6. The van der Waals surface area contributed by atoms with Crippen LogP contribution in [0.5, 0.6) is 0 Å². The van der Waals surface area contributed by atoms with E-state index >= 15 is 0 Å². The summed E-state index contributed by atoms with van der Waals surface area (Å²) in [5.74, 6) is 0. The number of anilines is 3. The van der Waals surface area contributed by atoms with Crippen molar-refractivity contribution in [3.63, 3.8) is 0 Å². The molecule has 3 heteroatoms. The van der Waals surface area contributed by atoms with Gasteiger partial charge in [0.1, 0.15) is 0 Å². The topological polar surface area (TPSA) is 13.1 Å². The molecule has 0 bridgehead atoms. The molecule has 0 unspecified atom stereocenters. The highest BCUT2D eigenvalue weighted by Crippen LogP contribution is 2.42. The molecule has 12 aromatic carbocycles. The number of hydrogen-bond donors (Lipinski definition) is 0. The standard InChI is InChI=1S/C72H49N3/c1-5-17-50(18-6-1)52-29-39-63(40-30-52)74-69-27-15-13-25-65(69)67-48-55(35-43-71(67)74)58-45-57(54-33-37-62(38-34-54)73(60-21-9-3-10-22-60)61-23-11-4-12-24-61)46-59(47-58)56-36-44-72-68(49-56)66-26-14-16-28-70(66)75(72)64-41-31-53(32-42-64)51-19-7-2-8-20-51/h1-49H/i3D,4D,9D,10D,11D,12D,21D,22D,23D,24D. The lowest BCUT2D eigenvalue weighted by atomic mass is 9.92. The third-order valence-electron chi connectivity index (χ3n) is 14.3. The predicted molar refractivity (Wildman–Crippen MR) is 317 cm³/mol. The number of para-hydroxylation sites is 4. The molecule has 0 N–H and O–H groups in total. The number of aromatic nitrogens is 2. The van der Waals surface area contributed by atoms with Gasteiger partial charge in [-0.05, 0) is 171 Å². The van der Waals surface area contributed by atoms with Crippen LogP contribution in [-0.4, -0.2) is 9.13 Å². The van der Waals surface area contributed by atoms with Gasteiger partial charge >= 0.3 is 0 Å². The van der Waals surface area contributed by atoms with Crippen LogP contribution in [0.4, 0.5) is 17.1 Å². The normalized spacial score (nSPS) is 13.3. The van der Waals surface area contributed by atoms with E-state index in [1.54, 1.807) is 12.1 Å². The van der Waals surface area contributed by atoms with Crippen LogP contribution in [0.25, 0.3) is 111 Å². The van der Waals surface area contributed by atoms with Gasteiger partial charge < -0.3 is 14.0 Å². The van der Waals surface area contributed by atoms with Gasteiger partial charge in [0.15, 0.2) is 0 Å². The van der Waals surface area contributed by atoms with E-state index in [1.165, 1.54) is 4.90 Å². The maximum absolute atomic E-state index is 9.03. The predicted octanol–water partition coefficient (Wildman–Crippen LogP) is 19.7. The highest BCUT2D eigenvalue weighted by Gasteiger charge is 2.18. The monoisotopic (exact) mass is 965 g/mol. The molecule has 0 atom stereocenters. The Hall–Kier alpha value is -9.96. The average molecular weight is 966 g/mol. The van der Waals surface area contributed by atoms with Crippen LogP contribution in [0.15, 0.2) is 297 Å². The van der Waals surface area contributed by atoms with E-state index in [0.717, 1.165) is 111 Å². The van der Waals surface area contributed by atoms with E-state index in [4.69, 9.17) is 13.7 Å². The molecule has 75 heavy (non-hydrogen) atoms. The Labute approximate surface area is 450 Å². The summed E-state index contributed by atoms with van der Waals surface area (Å²) >= 11 is 0.